The maximum Gasteiger partial charge on any atom is 1.00 e. The topological polar surface area (TPSA) is 124 Å². The molecule has 2 N–H and O–H groups in total. The molecular formula is C21H32NNaO6S. The summed E-state index contributed by atoms with van der Waals surface area (Å²) < 4.78 is 31.1. The molecule has 0 aromatic heterocycles. The molecule has 1 unspecified atom stereocenters. The van der Waals surface area contributed by atoms with Crippen LogP contribution in [0.4, 0.5) is 0 Å². The Labute approximate surface area is 202 Å². The molecule has 0 aliphatic carbocycles. The minimum atomic E-state index is -4.29. The number of benzene rings is 1. The Bertz CT molecular complexity index is 709. The van der Waals surface area contributed by atoms with Gasteiger partial charge in [0.05, 0.1) is 4.90 Å². The van der Waals surface area contributed by atoms with Gasteiger partial charge in [-0.1, -0.05) is 44.2 Å². The maximum atomic E-state index is 11.4. The summed E-state index contributed by atoms with van der Waals surface area (Å²) in [6.45, 7) is 1.76. The van der Waals surface area contributed by atoms with E-state index in [0.29, 0.717) is 24.8 Å². The van der Waals surface area contributed by atoms with E-state index in [1.807, 2.05) is 0 Å². The standard InChI is InChI=1S/C21H33NO6S.Na/c23-17-9-5-3-1-2-4-7-15-22-16-8-6-10-20(21(24)25)18-11-13-19(14-12-18)29(26,27)28;/h11-14,17,20,22H,1-10,15-16H2,(H,24,25)(H,26,27,28);/q;+1/p-1. The molecule has 0 amide bonds. The van der Waals surface area contributed by atoms with Crippen LogP contribution in [0.3, 0.4) is 0 Å². The predicted molar refractivity (Wildman–Crippen MR) is 109 cm³/mol. The average Bonchev–Trinajstić information content (AvgIpc) is 2.67. The predicted octanol–water partition coefficient (Wildman–Crippen LogP) is -0.540. The van der Waals surface area contributed by atoms with Crippen molar-refractivity contribution in [2.24, 2.45) is 0 Å². The van der Waals surface area contributed by atoms with Crippen LogP contribution >= 0.6 is 0 Å². The van der Waals surface area contributed by atoms with E-state index < -0.39 is 22.0 Å². The summed E-state index contributed by atoms with van der Waals surface area (Å²) in [7, 11) is -4.29. The first-order valence-corrected chi connectivity index (χ1v) is 11.7. The number of rotatable bonds is 17. The second-order valence-corrected chi connectivity index (χ2v) is 8.66. The molecule has 9 heteroatoms. The fraction of sp³-hybridized carbons (Fsp3) is 0.619. The molecular weight excluding hydrogens is 417 g/mol. The second-order valence-electron chi connectivity index (χ2n) is 7.24. The van der Waals surface area contributed by atoms with Gasteiger partial charge in [0.1, 0.15) is 6.29 Å². The minimum Gasteiger partial charge on any atom is -0.549 e. The Hall–Kier alpha value is -0.770. The molecule has 0 fully saturated rings. The summed E-state index contributed by atoms with van der Waals surface area (Å²) >= 11 is 0. The molecule has 0 aliphatic rings. The molecule has 0 aliphatic heterocycles. The Morgan fingerprint density at radius 1 is 0.967 bits per heavy atom. The Balaban J connectivity index is 0.00000841. The van der Waals surface area contributed by atoms with Crippen molar-refractivity contribution in [3.05, 3.63) is 29.8 Å². The molecule has 1 atom stereocenters. The van der Waals surface area contributed by atoms with E-state index in [4.69, 9.17) is 4.55 Å². The number of nitrogens with one attached hydrogen (secondary N) is 1. The van der Waals surface area contributed by atoms with Crippen molar-refractivity contribution in [3.8, 4) is 0 Å². The van der Waals surface area contributed by atoms with Gasteiger partial charge >= 0.3 is 29.6 Å². The van der Waals surface area contributed by atoms with Crippen LogP contribution in [0, 0.1) is 0 Å². The summed E-state index contributed by atoms with van der Waals surface area (Å²) in [4.78, 5) is 21.4. The summed E-state index contributed by atoms with van der Waals surface area (Å²) in [6, 6.07) is 5.20. The Kier molecular flexibility index (Phi) is 16.4. The number of unbranched alkanes of at least 4 members (excludes halogenated alkanes) is 7. The van der Waals surface area contributed by atoms with Gasteiger partial charge in [-0.15, -0.1) is 0 Å². The molecule has 0 heterocycles. The van der Waals surface area contributed by atoms with Crippen molar-refractivity contribution in [3.63, 3.8) is 0 Å². The van der Waals surface area contributed by atoms with Crippen LogP contribution in [0.5, 0.6) is 0 Å². The Morgan fingerprint density at radius 2 is 1.50 bits per heavy atom. The van der Waals surface area contributed by atoms with Gasteiger partial charge in [-0.05, 0) is 56.5 Å². The first-order valence-electron chi connectivity index (χ1n) is 10.3. The van der Waals surface area contributed by atoms with Crippen molar-refractivity contribution < 1.29 is 57.2 Å². The minimum absolute atomic E-state index is 0. The van der Waals surface area contributed by atoms with E-state index >= 15 is 0 Å². The quantitative estimate of drug-likeness (QED) is 0.142. The third-order valence-electron chi connectivity index (χ3n) is 4.89. The molecule has 1 aromatic rings. The third kappa shape index (κ3) is 12.8. The van der Waals surface area contributed by atoms with Crippen LogP contribution in [0.15, 0.2) is 29.2 Å². The fourth-order valence-electron chi connectivity index (χ4n) is 3.20. The van der Waals surface area contributed by atoms with Crippen molar-refractivity contribution >= 4 is 22.4 Å². The van der Waals surface area contributed by atoms with Gasteiger partial charge in [0.2, 0.25) is 0 Å². The average molecular weight is 450 g/mol. The largest absolute Gasteiger partial charge is 1.00 e. The summed E-state index contributed by atoms with van der Waals surface area (Å²) in [6.07, 6.45) is 10.3. The number of carboxylic acids is 1. The first-order chi connectivity index (χ1) is 13.9. The van der Waals surface area contributed by atoms with E-state index in [-0.39, 0.29) is 34.5 Å². The molecule has 0 saturated carbocycles. The van der Waals surface area contributed by atoms with E-state index in [2.05, 4.69) is 5.32 Å². The van der Waals surface area contributed by atoms with Gasteiger partial charge in [0.15, 0.2) is 0 Å². The molecule has 0 spiro atoms. The molecule has 1 aromatic carbocycles. The van der Waals surface area contributed by atoms with E-state index in [0.717, 1.165) is 45.1 Å². The van der Waals surface area contributed by atoms with E-state index in [1.165, 1.54) is 43.5 Å². The number of aldehydes is 1. The molecule has 0 radical (unpaired) electrons. The van der Waals surface area contributed by atoms with E-state index in [9.17, 15) is 23.1 Å². The van der Waals surface area contributed by atoms with Crippen molar-refractivity contribution in [1.82, 2.24) is 5.32 Å². The molecule has 0 bridgehead atoms. The number of carbonyl (C=O) groups excluding carboxylic acids is 2. The van der Waals surface area contributed by atoms with Gasteiger partial charge in [0.25, 0.3) is 10.1 Å². The molecule has 30 heavy (non-hydrogen) atoms. The Morgan fingerprint density at radius 3 is 2.03 bits per heavy atom. The number of hydrogen-bond donors (Lipinski definition) is 2. The van der Waals surface area contributed by atoms with E-state index in [1.54, 1.807) is 0 Å². The van der Waals surface area contributed by atoms with Gasteiger partial charge in [-0.2, -0.15) is 8.42 Å². The maximum absolute atomic E-state index is 11.4. The smallest absolute Gasteiger partial charge is 0.549 e. The zero-order valence-corrected chi connectivity index (χ0v) is 20.7. The van der Waals surface area contributed by atoms with Crippen LogP contribution in [0.25, 0.3) is 0 Å². The second kappa shape index (κ2) is 16.9. The summed E-state index contributed by atoms with van der Waals surface area (Å²) in [5.74, 6) is -1.99. The van der Waals surface area contributed by atoms with Crippen LogP contribution in [-0.2, 0) is 19.7 Å². The normalized spacial score (nSPS) is 12.2. The van der Waals surface area contributed by atoms with Gasteiger partial charge in [-0.3, -0.25) is 4.55 Å². The monoisotopic (exact) mass is 449 g/mol. The number of aliphatic carboxylic acids is 1. The molecule has 164 valence electrons. The van der Waals surface area contributed by atoms with Crippen molar-refractivity contribution in [2.45, 2.75) is 75.0 Å². The van der Waals surface area contributed by atoms with Crippen LogP contribution in [0.1, 0.15) is 75.7 Å². The molecule has 0 saturated heterocycles. The fourth-order valence-corrected chi connectivity index (χ4v) is 3.68. The number of carbonyl (C=O) groups is 2. The van der Waals surface area contributed by atoms with Gasteiger partial charge in [0, 0.05) is 18.3 Å². The zero-order chi connectivity index (χ0) is 21.5. The van der Waals surface area contributed by atoms with Crippen LogP contribution in [-0.4, -0.2) is 38.3 Å². The van der Waals surface area contributed by atoms with Crippen LogP contribution in [0.2, 0.25) is 0 Å². The number of carboxylic acid groups (broad SMARTS) is 1. The number of hydrogen-bond acceptors (Lipinski definition) is 6. The third-order valence-corrected chi connectivity index (χ3v) is 5.75. The SMILES string of the molecule is O=CCCCCCCCCNCCCCC(C(=O)[O-])c1ccc(S(=O)(=O)O)cc1.[Na+]. The summed E-state index contributed by atoms with van der Waals surface area (Å²) in [5, 5.41) is 14.8. The van der Waals surface area contributed by atoms with Gasteiger partial charge < -0.3 is 20.0 Å². The summed E-state index contributed by atoms with van der Waals surface area (Å²) in [5.41, 5.74) is 0.471. The molecule has 7 nitrogen and oxygen atoms in total. The first kappa shape index (κ1) is 29.2. The zero-order valence-electron chi connectivity index (χ0n) is 17.8. The molecule has 1 rings (SSSR count). The van der Waals surface area contributed by atoms with Crippen molar-refractivity contribution in [1.29, 1.82) is 0 Å². The van der Waals surface area contributed by atoms with Gasteiger partial charge in [-0.25, -0.2) is 0 Å². The van der Waals surface area contributed by atoms with Crippen LogP contribution < -0.4 is 40.0 Å². The van der Waals surface area contributed by atoms with Crippen molar-refractivity contribution in [2.75, 3.05) is 13.1 Å².